The number of aromatic nitrogens is 4. The number of rotatable bonds is 3. The van der Waals surface area contributed by atoms with Crippen molar-refractivity contribution in [3.8, 4) is 0 Å². The minimum absolute atomic E-state index is 0.0723. The van der Waals surface area contributed by atoms with Crippen LogP contribution in [0.2, 0.25) is 10.3 Å². The van der Waals surface area contributed by atoms with Crippen LogP contribution in [0, 0.1) is 0 Å². The molecular formula is C13H11Cl2N5. The average Bonchev–Trinajstić information content (AvgIpc) is 2.85. The van der Waals surface area contributed by atoms with Crippen LogP contribution in [0.4, 0.5) is 5.69 Å². The van der Waals surface area contributed by atoms with Crippen molar-refractivity contribution in [2.75, 3.05) is 5.32 Å². The van der Waals surface area contributed by atoms with Crippen LogP contribution in [0.25, 0.3) is 11.2 Å². The first-order valence-corrected chi connectivity index (χ1v) is 6.77. The standard InChI is InChI=1S/C13H11Cl2N5/c1-7(18-9-4-2-3-8(14)5-9)10-11-12(17-6-16-11)20-13(15)19-10/h2-7,18H,1H3,(H,16,17,19,20). The second kappa shape index (κ2) is 5.26. The molecule has 102 valence electrons. The molecule has 0 aliphatic rings. The largest absolute Gasteiger partial charge is 0.377 e. The van der Waals surface area contributed by atoms with Crippen molar-refractivity contribution >= 4 is 40.1 Å². The highest BCUT2D eigenvalue weighted by Crippen LogP contribution is 2.25. The predicted octanol–water partition coefficient (Wildman–Crippen LogP) is 3.83. The van der Waals surface area contributed by atoms with Crippen molar-refractivity contribution in [1.29, 1.82) is 0 Å². The van der Waals surface area contributed by atoms with Crippen molar-refractivity contribution in [2.24, 2.45) is 0 Å². The summed E-state index contributed by atoms with van der Waals surface area (Å²) in [5.41, 5.74) is 3.00. The molecule has 0 spiro atoms. The van der Waals surface area contributed by atoms with E-state index < -0.39 is 0 Å². The van der Waals surface area contributed by atoms with Gasteiger partial charge in [-0.2, -0.15) is 4.98 Å². The Morgan fingerprint density at radius 1 is 1.25 bits per heavy atom. The molecule has 2 N–H and O–H groups in total. The lowest BCUT2D eigenvalue weighted by molar-refractivity contribution is 0.842. The van der Waals surface area contributed by atoms with Crippen LogP contribution >= 0.6 is 23.2 Å². The predicted molar refractivity (Wildman–Crippen MR) is 80.2 cm³/mol. The number of fused-ring (bicyclic) bond motifs is 1. The number of H-pyrrole nitrogens is 1. The van der Waals surface area contributed by atoms with Crippen LogP contribution < -0.4 is 5.32 Å². The van der Waals surface area contributed by atoms with Gasteiger partial charge in [-0.3, -0.25) is 0 Å². The summed E-state index contributed by atoms with van der Waals surface area (Å²) in [7, 11) is 0. The van der Waals surface area contributed by atoms with Gasteiger partial charge < -0.3 is 10.3 Å². The third-order valence-corrected chi connectivity index (χ3v) is 3.31. The topological polar surface area (TPSA) is 66.5 Å². The SMILES string of the molecule is CC(Nc1cccc(Cl)c1)c1nc(Cl)nc2nc[nH]c12. The number of hydrogen-bond donors (Lipinski definition) is 2. The second-order valence-corrected chi connectivity index (χ2v) is 5.13. The zero-order valence-corrected chi connectivity index (χ0v) is 12.1. The molecule has 2 aromatic heterocycles. The number of aromatic amines is 1. The van der Waals surface area contributed by atoms with E-state index in [2.05, 4.69) is 25.3 Å². The van der Waals surface area contributed by atoms with E-state index in [1.165, 1.54) is 0 Å². The van der Waals surface area contributed by atoms with Gasteiger partial charge in [0.25, 0.3) is 0 Å². The summed E-state index contributed by atoms with van der Waals surface area (Å²) in [6.07, 6.45) is 1.57. The molecule has 1 atom stereocenters. The highest BCUT2D eigenvalue weighted by atomic mass is 35.5. The second-order valence-electron chi connectivity index (χ2n) is 4.36. The van der Waals surface area contributed by atoms with Crippen LogP contribution in [0.15, 0.2) is 30.6 Å². The maximum absolute atomic E-state index is 5.97. The van der Waals surface area contributed by atoms with Gasteiger partial charge in [-0.25, -0.2) is 9.97 Å². The van der Waals surface area contributed by atoms with Gasteiger partial charge in [0, 0.05) is 10.7 Å². The fourth-order valence-corrected chi connectivity index (χ4v) is 2.40. The molecule has 0 saturated heterocycles. The Kier molecular flexibility index (Phi) is 3.46. The van der Waals surface area contributed by atoms with Crippen molar-refractivity contribution in [3.63, 3.8) is 0 Å². The van der Waals surface area contributed by atoms with Crippen molar-refractivity contribution < 1.29 is 0 Å². The Hall–Kier alpha value is -1.85. The third-order valence-electron chi connectivity index (χ3n) is 2.90. The van der Waals surface area contributed by atoms with Crippen molar-refractivity contribution in [2.45, 2.75) is 13.0 Å². The quantitative estimate of drug-likeness (QED) is 0.722. The first-order chi connectivity index (χ1) is 9.63. The lowest BCUT2D eigenvalue weighted by Gasteiger charge is -2.15. The monoisotopic (exact) mass is 307 g/mol. The molecule has 2 heterocycles. The molecule has 5 nitrogen and oxygen atoms in total. The van der Waals surface area contributed by atoms with Crippen LogP contribution in [0.1, 0.15) is 18.7 Å². The van der Waals surface area contributed by atoms with Crippen molar-refractivity contribution in [3.05, 3.63) is 46.6 Å². The summed E-state index contributed by atoms with van der Waals surface area (Å²) in [6, 6.07) is 7.43. The van der Waals surface area contributed by atoms with Gasteiger partial charge >= 0.3 is 0 Å². The van der Waals surface area contributed by atoms with Gasteiger partial charge in [-0.05, 0) is 36.7 Å². The zero-order chi connectivity index (χ0) is 14.1. The summed E-state index contributed by atoms with van der Waals surface area (Å²) in [4.78, 5) is 15.5. The van der Waals surface area contributed by atoms with Gasteiger partial charge in [-0.1, -0.05) is 17.7 Å². The molecule has 1 unspecified atom stereocenters. The molecule has 0 saturated carbocycles. The summed E-state index contributed by atoms with van der Waals surface area (Å²) in [6.45, 7) is 1.99. The number of hydrogen-bond acceptors (Lipinski definition) is 4. The van der Waals surface area contributed by atoms with Crippen LogP contribution in [0.5, 0.6) is 0 Å². The zero-order valence-electron chi connectivity index (χ0n) is 10.6. The number of nitrogens with zero attached hydrogens (tertiary/aromatic N) is 3. The average molecular weight is 308 g/mol. The van der Waals surface area contributed by atoms with Gasteiger partial charge in [0.05, 0.1) is 18.1 Å². The number of halogens is 2. The number of anilines is 1. The van der Waals surface area contributed by atoms with Crippen LogP contribution in [0.3, 0.4) is 0 Å². The van der Waals surface area contributed by atoms with E-state index in [-0.39, 0.29) is 11.3 Å². The minimum Gasteiger partial charge on any atom is -0.377 e. The Bertz CT molecular complexity index is 755. The highest BCUT2D eigenvalue weighted by molar-refractivity contribution is 6.30. The number of benzene rings is 1. The third kappa shape index (κ3) is 2.55. The van der Waals surface area contributed by atoms with E-state index in [1.807, 2.05) is 31.2 Å². The summed E-state index contributed by atoms with van der Waals surface area (Å²) in [5.74, 6) is 0. The van der Waals surface area contributed by atoms with E-state index in [0.717, 1.165) is 16.9 Å². The summed E-state index contributed by atoms with van der Waals surface area (Å²) < 4.78 is 0. The lowest BCUT2D eigenvalue weighted by atomic mass is 10.2. The molecule has 20 heavy (non-hydrogen) atoms. The number of nitrogens with one attached hydrogen (secondary N) is 2. The molecule has 3 rings (SSSR count). The highest BCUT2D eigenvalue weighted by Gasteiger charge is 2.15. The molecule has 0 fully saturated rings. The Labute approximate surface area is 125 Å². The van der Waals surface area contributed by atoms with E-state index >= 15 is 0 Å². The first kappa shape index (κ1) is 13.1. The Morgan fingerprint density at radius 3 is 2.90 bits per heavy atom. The Balaban J connectivity index is 1.96. The van der Waals surface area contributed by atoms with Gasteiger partial charge in [0.2, 0.25) is 5.28 Å². The molecule has 7 heteroatoms. The minimum atomic E-state index is -0.0723. The van der Waals surface area contributed by atoms with Gasteiger partial charge in [0.1, 0.15) is 5.52 Å². The maximum atomic E-state index is 5.97. The van der Waals surface area contributed by atoms with Crippen LogP contribution in [-0.4, -0.2) is 19.9 Å². The van der Waals surface area contributed by atoms with Gasteiger partial charge in [-0.15, -0.1) is 0 Å². The molecule has 0 amide bonds. The smallest absolute Gasteiger partial charge is 0.224 e. The summed E-state index contributed by atoms with van der Waals surface area (Å²) in [5, 5.41) is 4.18. The fraction of sp³-hybridized carbons (Fsp3) is 0.154. The first-order valence-electron chi connectivity index (χ1n) is 6.02. The maximum Gasteiger partial charge on any atom is 0.224 e. The van der Waals surface area contributed by atoms with E-state index in [0.29, 0.717) is 10.7 Å². The van der Waals surface area contributed by atoms with E-state index in [1.54, 1.807) is 6.33 Å². The van der Waals surface area contributed by atoms with Crippen LogP contribution in [-0.2, 0) is 0 Å². The number of imidazole rings is 1. The van der Waals surface area contributed by atoms with Crippen molar-refractivity contribution in [1.82, 2.24) is 19.9 Å². The van der Waals surface area contributed by atoms with E-state index in [9.17, 15) is 0 Å². The molecule has 0 aliphatic heterocycles. The normalized spacial score (nSPS) is 12.6. The molecule has 0 bridgehead atoms. The fourth-order valence-electron chi connectivity index (χ4n) is 2.04. The summed E-state index contributed by atoms with van der Waals surface area (Å²) >= 11 is 11.9. The molecule has 0 radical (unpaired) electrons. The van der Waals surface area contributed by atoms with Gasteiger partial charge in [0.15, 0.2) is 5.65 Å². The lowest BCUT2D eigenvalue weighted by Crippen LogP contribution is -2.10. The molecular weight excluding hydrogens is 297 g/mol. The van der Waals surface area contributed by atoms with E-state index in [4.69, 9.17) is 23.2 Å². The molecule has 1 aromatic carbocycles. The molecule has 3 aromatic rings. The molecule has 0 aliphatic carbocycles. The Morgan fingerprint density at radius 2 is 2.10 bits per heavy atom.